The highest BCUT2D eigenvalue weighted by atomic mass is 16.3. The van der Waals surface area contributed by atoms with Gasteiger partial charge in [0.1, 0.15) is 17.9 Å². The third-order valence-electron chi connectivity index (χ3n) is 7.16. The van der Waals surface area contributed by atoms with Crippen LogP contribution in [0.25, 0.3) is 5.69 Å². The molecule has 37 heavy (non-hydrogen) atoms. The highest BCUT2D eigenvalue weighted by molar-refractivity contribution is 5.90. The van der Waals surface area contributed by atoms with Crippen molar-refractivity contribution in [1.29, 1.82) is 0 Å². The summed E-state index contributed by atoms with van der Waals surface area (Å²) in [5.74, 6) is 0.542. The Bertz CT molecular complexity index is 1260. The molecule has 2 amide bonds. The highest BCUT2D eigenvalue weighted by Crippen LogP contribution is 2.40. The lowest BCUT2D eigenvalue weighted by Crippen LogP contribution is -2.50. The number of hydrogen-bond donors (Lipinski definition) is 2. The fourth-order valence-corrected chi connectivity index (χ4v) is 5.14. The van der Waals surface area contributed by atoms with Gasteiger partial charge in [0.2, 0.25) is 11.8 Å². The van der Waals surface area contributed by atoms with Crippen molar-refractivity contribution >= 4 is 11.8 Å². The van der Waals surface area contributed by atoms with Gasteiger partial charge < -0.3 is 19.9 Å². The first kappa shape index (κ1) is 25.1. The van der Waals surface area contributed by atoms with Crippen LogP contribution in [0.2, 0.25) is 0 Å². The van der Waals surface area contributed by atoms with Crippen molar-refractivity contribution in [2.24, 2.45) is 5.41 Å². The number of rotatable bonds is 7. The van der Waals surface area contributed by atoms with Gasteiger partial charge >= 0.3 is 0 Å². The average Bonchev–Trinajstić information content (AvgIpc) is 3.22. The molecule has 196 valence electrons. The number of aliphatic hydroxyl groups is 1. The molecule has 2 aromatic heterocycles. The van der Waals surface area contributed by atoms with Crippen molar-refractivity contribution in [1.82, 2.24) is 34.8 Å². The number of carbonyl (C=O) groups excluding carboxylic acids is 2. The lowest BCUT2D eigenvalue weighted by Gasteiger charge is -2.34. The largest absolute Gasteiger partial charge is 0.391 e. The number of nitrogens with zero attached hydrogens (tertiary/aromatic N) is 6. The summed E-state index contributed by atoms with van der Waals surface area (Å²) in [6.07, 6.45) is 6.99. The van der Waals surface area contributed by atoms with Gasteiger partial charge in [0.05, 0.1) is 17.8 Å². The summed E-state index contributed by atoms with van der Waals surface area (Å²) in [5.41, 5.74) is 1.37. The predicted molar refractivity (Wildman–Crippen MR) is 137 cm³/mol. The lowest BCUT2D eigenvalue weighted by atomic mass is 9.85. The molecule has 1 unspecified atom stereocenters. The zero-order chi connectivity index (χ0) is 26.3. The molecule has 4 atom stereocenters. The Hall–Kier alpha value is -3.53. The minimum Gasteiger partial charge on any atom is -0.391 e. The molecule has 3 aromatic rings. The van der Waals surface area contributed by atoms with Crippen LogP contribution in [0.5, 0.6) is 0 Å². The summed E-state index contributed by atoms with van der Waals surface area (Å²) >= 11 is 0. The zero-order valence-electron chi connectivity index (χ0n) is 21.8. The minimum absolute atomic E-state index is 0.0979. The second kappa shape index (κ2) is 9.74. The van der Waals surface area contributed by atoms with Gasteiger partial charge in [-0.3, -0.25) is 9.59 Å². The van der Waals surface area contributed by atoms with Crippen molar-refractivity contribution in [3.63, 3.8) is 0 Å². The van der Waals surface area contributed by atoms with Gasteiger partial charge in [-0.1, -0.05) is 44.2 Å². The van der Waals surface area contributed by atoms with E-state index >= 15 is 0 Å². The molecule has 1 aliphatic carbocycles. The van der Waals surface area contributed by atoms with Crippen LogP contribution in [-0.2, 0) is 9.59 Å². The Balaban J connectivity index is 1.35. The number of hydrogen-bond acceptors (Lipinski definition) is 6. The van der Waals surface area contributed by atoms with E-state index in [9.17, 15) is 14.7 Å². The van der Waals surface area contributed by atoms with E-state index in [1.165, 1.54) is 4.90 Å². The van der Waals surface area contributed by atoms with Gasteiger partial charge in [0.15, 0.2) is 0 Å². The van der Waals surface area contributed by atoms with E-state index < -0.39 is 29.6 Å². The molecule has 0 spiro atoms. The minimum atomic E-state index is -0.790. The average molecular weight is 506 g/mol. The van der Waals surface area contributed by atoms with Crippen molar-refractivity contribution in [2.75, 3.05) is 6.54 Å². The normalized spacial score (nSPS) is 21.6. The van der Waals surface area contributed by atoms with Gasteiger partial charge in [0.25, 0.3) is 0 Å². The smallest absolute Gasteiger partial charge is 0.248 e. The van der Waals surface area contributed by atoms with E-state index in [4.69, 9.17) is 0 Å². The molecule has 1 aliphatic heterocycles. The van der Waals surface area contributed by atoms with Crippen LogP contribution in [0.4, 0.5) is 0 Å². The number of β-amino-alcohol motifs (C(OH)–C–C–N with tert-alkyl or cyclic N) is 1. The molecule has 1 saturated heterocycles. The number of likely N-dealkylation sites (tertiary alicyclic amines) is 1. The maximum absolute atomic E-state index is 13.9. The van der Waals surface area contributed by atoms with Gasteiger partial charge in [0, 0.05) is 43.2 Å². The zero-order valence-corrected chi connectivity index (χ0v) is 21.8. The Labute approximate surface area is 216 Å². The Morgan fingerprint density at radius 1 is 1.16 bits per heavy atom. The van der Waals surface area contributed by atoms with Crippen LogP contribution >= 0.6 is 0 Å². The highest BCUT2D eigenvalue weighted by Gasteiger charge is 2.45. The number of aromatic nitrogens is 5. The van der Waals surface area contributed by atoms with Gasteiger partial charge in [-0.2, -0.15) is 0 Å². The van der Waals surface area contributed by atoms with E-state index in [2.05, 4.69) is 20.6 Å². The second-order valence-corrected chi connectivity index (χ2v) is 11.3. The number of carbonyl (C=O) groups is 2. The van der Waals surface area contributed by atoms with E-state index in [0.717, 1.165) is 24.2 Å². The van der Waals surface area contributed by atoms with Crippen molar-refractivity contribution in [3.8, 4) is 5.69 Å². The Morgan fingerprint density at radius 3 is 2.57 bits per heavy atom. The number of amides is 2. The molecule has 2 N–H and O–H groups in total. The van der Waals surface area contributed by atoms with E-state index in [1.807, 2.05) is 75.0 Å². The van der Waals surface area contributed by atoms with Crippen LogP contribution in [0, 0.1) is 5.41 Å². The summed E-state index contributed by atoms with van der Waals surface area (Å²) in [5, 5.41) is 22.1. The first-order valence-corrected chi connectivity index (χ1v) is 12.9. The summed E-state index contributed by atoms with van der Waals surface area (Å²) < 4.78 is 3.56. The number of aliphatic hydroxyl groups excluding tert-OH is 1. The van der Waals surface area contributed by atoms with Crippen LogP contribution in [0.1, 0.15) is 76.5 Å². The first-order valence-electron chi connectivity index (χ1n) is 12.9. The van der Waals surface area contributed by atoms with Crippen LogP contribution < -0.4 is 5.32 Å². The summed E-state index contributed by atoms with van der Waals surface area (Å²) in [6, 6.07) is 7.92. The molecule has 10 nitrogen and oxygen atoms in total. The molecule has 10 heteroatoms. The third kappa shape index (κ3) is 5.16. The predicted octanol–water partition coefficient (Wildman–Crippen LogP) is 2.77. The molecule has 2 aliphatic rings. The van der Waals surface area contributed by atoms with Gasteiger partial charge in [-0.15, -0.1) is 5.10 Å². The lowest BCUT2D eigenvalue weighted by molar-refractivity contribution is -0.144. The van der Waals surface area contributed by atoms with Crippen molar-refractivity contribution < 1.29 is 14.7 Å². The molecule has 0 radical (unpaired) electrons. The van der Waals surface area contributed by atoms with Crippen molar-refractivity contribution in [2.45, 2.75) is 77.1 Å². The molecule has 3 heterocycles. The Kier molecular flexibility index (Phi) is 6.61. The van der Waals surface area contributed by atoms with Crippen molar-refractivity contribution in [3.05, 3.63) is 60.4 Å². The molecule has 1 saturated carbocycles. The topological polar surface area (TPSA) is 118 Å². The third-order valence-corrected chi connectivity index (χ3v) is 7.16. The van der Waals surface area contributed by atoms with Crippen LogP contribution in [0.15, 0.2) is 48.9 Å². The van der Waals surface area contributed by atoms with Gasteiger partial charge in [-0.05, 0) is 37.3 Å². The van der Waals surface area contributed by atoms with Crippen LogP contribution in [-0.4, -0.2) is 65.1 Å². The summed E-state index contributed by atoms with van der Waals surface area (Å²) in [6.45, 7) is 7.88. The maximum Gasteiger partial charge on any atom is 0.248 e. The quantitative estimate of drug-likeness (QED) is 0.510. The summed E-state index contributed by atoms with van der Waals surface area (Å²) in [7, 11) is 0. The molecule has 2 fully saturated rings. The number of benzene rings is 1. The molecule has 1 aromatic carbocycles. The van der Waals surface area contributed by atoms with Crippen LogP contribution in [0.3, 0.4) is 0 Å². The molecule has 0 bridgehead atoms. The number of imidazole rings is 1. The number of nitrogens with one attached hydrogen (secondary N) is 1. The fourth-order valence-electron chi connectivity index (χ4n) is 5.14. The van der Waals surface area contributed by atoms with E-state index in [-0.39, 0.29) is 24.8 Å². The second-order valence-electron chi connectivity index (χ2n) is 11.3. The Morgan fingerprint density at radius 2 is 1.89 bits per heavy atom. The standard InChI is InChI=1S/C27H35N7O3/c1-17(24-28-12-13-32(24)19-8-6-5-7-9-19)29-25(36)22-14-20(35)15-33(22)26(37)23(27(2,3)4)34-16-21(30-31-34)18-10-11-18/h5-9,12-13,16-18,20,22-23,35H,10-11,14-15H2,1-4H3,(H,29,36)/t17?,20-,22+,23-/m0/s1. The monoisotopic (exact) mass is 505 g/mol. The first-order chi connectivity index (χ1) is 17.6. The molecular formula is C27H35N7O3. The fraction of sp³-hybridized carbons (Fsp3) is 0.519. The van der Waals surface area contributed by atoms with E-state index in [1.54, 1.807) is 10.9 Å². The molecular weight excluding hydrogens is 470 g/mol. The molecule has 5 rings (SSSR count). The van der Waals surface area contributed by atoms with E-state index in [0.29, 0.717) is 11.7 Å². The summed E-state index contributed by atoms with van der Waals surface area (Å²) in [4.78, 5) is 33.4. The van der Waals surface area contributed by atoms with Gasteiger partial charge in [-0.25, -0.2) is 9.67 Å². The maximum atomic E-state index is 13.9. The SMILES string of the molecule is CC(NC(=O)[C@H]1C[C@H](O)CN1C(=O)[C@H](n1cc(C2CC2)nn1)C(C)(C)C)c1nccn1-c1ccccc1. The number of para-hydroxylation sites is 1.